The van der Waals surface area contributed by atoms with Gasteiger partial charge in [-0.15, -0.1) is 0 Å². The topological polar surface area (TPSA) is 357 Å². The van der Waals surface area contributed by atoms with E-state index in [0.29, 0.717) is 31.6 Å². The first-order valence-electron chi connectivity index (χ1n) is 26.0. The monoisotopic (exact) mass is 1030 g/mol. The molecule has 7 fully saturated rings. The van der Waals surface area contributed by atoms with Gasteiger partial charge in [-0.1, -0.05) is 51.5 Å². The van der Waals surface area contributed by atoms with Gasteiger partial charge in [-0.3, -0.25) is 0 Å². The maximum atomic E-state index is 12.3. The SMILES string of the molecule is CC(C)C/C=C/[C@@H](CO)C1C[C@H](O)[C@H]2[C@@H]3CC=C4C[C@@H](O[C@@H]5O[C@H](CO)[C@@H](O[C@@H]6O[C@H](CO)[C@H](O)[C@H](O)[C@H]6O)[C@H](O[C@@H]6OC[C@@H](O)[C@@H](O)[C@@H]6O[C@@H]6O[C@H](CO)[C@H](O)[C@H](O)[C@H]6O)[C@H]5O)CC[C@]4(C)[C@H]3CC[C@]12C. The molecule has 0 aromatic heterocycles. The molecule has 4 saturated heterocycles. The summed E-state index contributed by atoms with van der Waals surface area (Å²) in [5.41, 5.74) is 0.825. The van der Waals surface area contributed by atoms with Crippen LogP contribution in [0.2, 0.25) is 0 Å². The Morgan fingerprint density at radius 1 is 0.639 bits per heavy atom. The molecular weight excluding hydrogens is 953 g/mol. The third-order valence-electron chi connectivity index (χ3n) is 18.0. The van der Waals surface area contributed by atoms with Crippen molar-refractivity contribution in [2.45, 2.75) is 208 Å². The third kappa shape index (κ3) is 10.8. The van der Waals surface area contributed by atoms with Crippen LogP contribution in [0, 0.1) is 46.3 Å². The summed E-state index contributed by atoms with van der Waals surface area (Å²) in [6.07, 6.45) is -21.4. The van der Waals surface area contributed by atoms with E-state index < -0.39 is 155 Å². The molecule has 414 valence electrons. The molecule has 0 aromatic carbocycles. The van der Waals surface area contributed by atoms with Crippen molar-refractivity contribution in [3.8, 4) is 0 Å². The smallest absolute Gasteiger partial charge is 0.187 e. The van der Waals surface area contributed by atoms with Gasteiger partial charge in [0, 0.05) is 12.5 Å². The van der Waals surface area contributed by atoms with E-state index in [9.17, 15) is 71.5 Å². The van der Waals surface area contributed by atoms with E-state index in [4.69, 9.17) is 37.9 Å². The molecule has 4 aliphatic carbocycles. The quantitative estimate of drug-likeness (QED) is 0.0687. The minimum atomic E-state index is -1.95. The lowest BCUT2D eigenvalue weighted by Gasteiger charge is -2.59. The minimum Gasteiger partial charge on any atom is -0.396 e. The highest BCUT2D eigenvalue weighted by atomic mass is 16.8. The lowest BCUT2D eigenvalue weighted by atomic mass is 9.46. The van der Waals surface area contributed by atoms with Gasteiger partial charge in [0.05, 0.1) is 38.6 Å². The normalized spacial score (nSPS) is 51.4. The number of ether oxygens (including phenoxy) is 8. The van der Waals surface area contributed by atoms with E-state index in [-0.39, 0.29) is 47.0 Å². The molecule has 3 saturated carbocycles. The van der Waals surface area contributed by atoms with Gasteiger partial charge in [0.25, 0.3) is 0 Å². The van der Waals surface area contributed by atoms with Gasteiger partial charge >= 0.3 is 0 Å². The molecule has 1 unspecified atom stereocenters. The fourth-order valence-corrected chi connectivity index (χ4v) is 13.9. The number of fused-ring (bicyclic) bond motifs is 5. The Morgan fingerprint density at radius 3 is 1.82 bits per heavy atom. The minimum absolute atomic E-state index is 0.0326. The lowest BCUT2D eigenvalue weighted by molar-refractivity contribution is -0.396. The van der Waals surface area contributed by atoms with Crippen molar-refractivity contribution in [1.82, 2.24) is 0 Å². The Hall–Kier alpha value is -1.40. The molecule has 0 aromatic rings. The number of hydrogen-bond donors (Lipinski definition) is 14. The highest BCUT2D eigenvalue weighted by molar-refractivity contribution is 5.26. The Morgan fingerprint density at radius 2 is 1.22 bits per heavy atom. The van der Waals surface area contributed by atoms with E-state index in [1.807, 2.05) is 0 Å². The molecule has 8 rings (SSSR count). The predicted molar refractivity (Wildman–Crippen MR) is 246 cm³/mol. The number of aliphatic hydroxyl groups excluding tert-OH is 14. The number of aliphatic hydroxyl groups is 14. The molecule has 0 amide bonds. The molecule has 0 bridgehead atoms. The van der Waals surface area contributed by atoms with Crippen LogP contribution in [0.4, 0.5) is 0 Å². The lowest BCUT2D eigenvalue weighted by Crippen LogP contribution is -2.67. The zero-order valence-electron chi connectivity index (χ0n) is 41.5. The van der Waals surface area contributed by atoms with Crippen LogP contribution >= 0.6 is 0 Å². The third-order valence-corrected chi connectivity index (χ3v) is 18.0. The Kier molecular flexibility index (Phi) is 18.4. The average Bonchev–Trinajstić information content (AvgIpc) is 3.63. The highest BCUT2D eigenvalue weighted by Crippen LogP contribution is 2.67. The first-order chi connectivity index (χ1) is 34.2. The molecule has 4 heterocycles. The Bertz CT molecular complexity index is 1820. The van der Waals surface area contributed by atoms with Crippen LogP contribution in [0.3, 0.4) is 0 Å². The van der Waals surface area contributed by atoms with Crippen LogP contribution in [0.5, 0.6) is 0 Å². The Labute approximate surface area is 419 Å². The Balaban J connectivity index is 1.02. The molecule has 28 atom stereocenters. The maximum Gasteiger partial charge on any atom is 0.187 e. The zero-order valence-corrected chi connectivity index (χ0v) is 41.5. The van der Waals surface area contributed by atoms with E-state index in [2.05, 4.69) is 45.9 Å². The van der Waals surface area contributed by atoms with Crippen LogP contribution in [-0.2, 0) is 37.9 Å². The first-order valence-corrected chi connectivity index (χ1v) is 26.0. The predicted octanol–water partition coefficient (Wildman–Crippen LogP) is -2.96. The van der Waals surface area contributed by atoms with Crippen molar-refractivity contribution in [1.29, 1.82) is 0 Å². The second-order valence-corrected chi connectivity index (χ2v) is 22.7. The molecule has 14 N–H and O–H groups in total. The van der Waals surface area contributed by atoms with E-state index in [1.165, 1.54) is 5.57 Å². The molecule has 4 aliphatic heterocycles. The maximum absolute atomic E-state index is 12.3. The number of rotatable bonds is 16. The summed E-state index contributed by atoms with van der Waals surface area (Å²) in [4.78, 5) is 0. The van der Waals surface area contributed by atoms with Gasteiger partial charge in [0.15, 0.2) is 25.2 Å². The van der Waals surface area contributed by atoms with Crippen molar-refractivity contribution < 1.29 is 109 Å². The summed E-state index contributed by atoms with van der Waals surface area (Å²) in [6, 6.07) is 0. The summed E-state index contributed by atoms with van der Waals surface area (Å²) in [6.45, 7) is 5.98. The highest BCUT2D eigenvalue weighted by Gasteiger charge is 2.63. The van der Waals surface area contributed by atoms with E-state index >= 15 is 0 Å². The summed E-state index contributed by atoms with van der Waals surface area (Å²) in [7, 11) is 0. The van der Waals surface area contributed by atoms with Crippen LogP contribution in [0.1, 0.15) is 79.1 Å². The summed E-state index contributed by atoms with van der Waals surface area (Å²) < 4.78 is 48.0. The molecule has 0 radical (unpaired) electrons. The largest absolute Gasteiger partial charge is 0.396 e. The van der Waals surface area contributed by atoms with Crippen molar-refractivity contribution >= 4 is 0 Å². The van der Waals surface area contributed by atoms with E-state index in [1.54, 1.807) is 0 Å². The van der Waals surface area contributed by atoms with Gasteiger partial charge in [-0.25, -0.2) is 0 Å². The van der Waals surface area contributed by atoms with Gasteiger partial charge in [-0.2, -0.15) is 0 Å². The van der Waals surface area contributed by atoms with Gasteiger partial charge in [0.1, 0.15) is 91.6 Å². The molecule has 8 aliphatic rings. The zero-order chi connectivity index (χ0) is 52.1. The molecule has 22 nitrogen and oxygen atoms in total. The standard InChI is InChI=1S/C50H82O22/c1-21(2)6-5-7-22(16-51)27-15-28(55)33-25-9-8-23-14-24(10-12-49(23,3)26(25)11-13-50(27,33)4)66-47-41(64)43(42(32(19-54)69-47)70-45-39(62)37(60)35(58)30(17-52)67-45)71-48-44(34(57)29(56)20-65-48)72-46-40(63)38(61)36(59)31(18-53)68-46/h5,7-8,21-22,24-48,51-64H,6,9-20H2,1-4H3/b7-5+/t22-,24-,25+,26-,27?,28-,29+,30+,31+,32+,33+,34+,35-,36-,37-,38-,39+,40+,41+,42+,43+,44-,45-,46-,47+,48-,49-,50+/m0/s1. The molecular formula is C50H82O22. The summed E-state index contributed by atoms with van der Waals surface area (Å²) >= 11 is 0. The van der Waals surface area contributed by atoms with Crippen molar-refractivity contribution in [2.24, 2.45) is 46.3 Å². The fourth-order valence-electron chi connectivity index (χ4n) is 13.9. The fraction of sp³-hybridized carbons (Fsp3) is 0.920. The number of allylic oxidation sites excluding steroid dienone is 2. The van der Waals surface area contributed by atoms with Crippen LogP contribution in [0.15, 0.2) is 23.8 Å². The first kappa shape index (κ1) is 56.8. The van der Waals surface area contributed by atoms with Gasteiger partial charge < -0.3 is 109 Å². The number of hydrogen-bond acceptors (Lipinski definition) is 22. The van der Waals surface area contributed by atoms with E-state index in [0.717, 1.165) is 25.7 Å². The second kappa shape index (κ2) is 23.3. The summed E-state index contributed by atoms with van der Waals surface area (Å²) in [5.74, 6) is 1.19. The van der Waals surface area contributed by atoms with Crippen molar-refractivity contribution in [3.63, 3.8) is 0 Å². The van der Waals surface area contributed by atoms with Crippen LogP contribution < -0.4 is 0 Å². The van der Waals surface area contributed by atoms with Gasteiger partial charge in [-0.05, 0) is 91.8 Å². The van der Waals surface area contributed by atoms with Crippen molar-refractivity contribution in [3.05, 3.63) is 23.8 Å². The molecule has 72 heavy (non-hydrogen) atoms. The summed E-state index contributed by atoms with van der Waals surface area (Å²) in [5, 5.41) is 151. The average molecular weight is 1040 g/mol. The van der Waals surface area contributed by atoms with Gasteiger partial charge in [0.2, 0.25) is 0 Å². The van der Waals surface area contributed by atoms with Crippen LogP contribution in [-0.4, -0.2) is 233 Å². The molecule has 22 heteroatoms. The van der Waals surface area contributed by atoms with Crippen molar-refractivity contribution in [2.75, 3.05) is 33.0 Å². The second-order valence-electron chi connectivity index (χ2n) is 22.7. The molecule has 0 spiro atoms. The van der Waals surface area contributed by atoms with Crippen LogP contribution in [0.25, 0.3) is 0 Å².